The fourth-order valence-electron chi connectivity index (χ4n) is 6.91. The average Bonchev–Trinajstić information content (AvgIpc) is 3.16. The van der Waals surface area contributed by atoms with E-state index >= 15 is 0 Å². The monoisotopic (exact) mass is 704 g/mol. The van der Waals surface area contributed by atoms with Gasteiger partial charge in [-0.25, -0.2) is 4.79 Å². The zero-order valence-corrected chi connectivity index (χ0v) is 29.5. The maximum Gasteiger partial charge on any atom is 0.411 e. The molecule has 0 saturated carbocycles. The third kappa shape index (κ3) is 7.20. The summed E-state index contributed by atoms with van der Waals surface area (Å²) in [6.07, 6.45) is -0.353. The molecular formula is C40H40N4O6S. The van der Waals surface area contributed by atoms with E-state index < -0.39 is 22.3 Å². The van der Waals surface area contributed by atoms with Crippen molar-refractivity contribution >= 4 is 44.3 Å². The average molecular weight is 705 g/mol. The maximum absolute atomic E-state index is 14.1. The first-order chi connectivity index (χ1) is 24.7. The minimum Gasteiger partial charge on any atom is -0.445 e. The van der Waals surface area contributed by atoms with Crippen molar-refractivity contribution in [2.24, 2.45) is 0 Å². The summed E-state index contributed by atoms with van der Waals surface area (Å²) in [6, 6.07) is 34.4. The molecule has 0 aliphatic carbocycles. The summed E-state index contributed by atoms with van der Waals surface area (Å²) in [7, 11) is -0.416. The molecule has 11 heteroatoms. The van der Waals surface area contributed by atoms with E-state index in [0.29, 0.717) is 37.1 Å². The molecule has 10 nitrogen and oxygen atoms in total. The number of nitrogens with zero attached hydrogens (tertiary/aromatic N) is 4. The van der Waals surface area contributed by atoms with Crippen molar-refractivity contribution < 1.29 is 26.9 Å². The molecular weight excluding hydrogens is 665 g/mol. The smallest absolute Gasteiger partial charge is 0.411 e. The summed E-state index contributed by atoms with van der Waals surface area (Å²) in [6.45, 7) is 2.53. The molecule has 2 aliphatic rings. The van der Waals surface area contributed by atoms with E-state index in [1.165, 1.54) is 11.0 Å². The number of anilines is 2. The molecule has 0 unspecified atom stereocenters. The summed E-state index contributed by atoms with van der Waals surface area (Å²) in [5, 5.41) is 1.35. The first kappa shape index (κ1) is 33.9. The van der Waals surface area contributed by atoms with Crippen molar-refractivity contribution in [3.63, 3.8) is 0 Å². The van der Waals surface area contributed by atoms with Gasteiger partial charge in [0.15, 0.2) is 0 Å². The zero-order chi connectivity index (χ0) is 35.5. The van der Waals surface area contributed by atoms with Crippen LogP contribution in [0.15, 0.2) is 120 Å². The Labute approximate surface area is 298 Å². The van der Waals surface area contributed by atoms with Gasteiger partial charge in [-0.3, -0.25) is 9.69 Å². The summed E-state index contributed by atoms with van der Waals surface area (Å²) in [5.41, 5.74) is 4.36. The van der Waals surface area contributed by atoms with Gasteiger partial charge in [0.2, 0.25) is 5.91 Å². The molecule has 1 fully saturated rings. The molecule has 0 N–H and O–H groups in total. The third-order valence-electron chi connectivity index (χ3n) is 9.56. The van der Waals surface area contributed by atoms with Crippen LogP contribution in [0.2, 0.25) is 0 Å². The van der Waals surface area contributed by atoms with Gasteiger partial charge in [0.25, 0.3) is 0 Å². The molecule has 5 aromatic carbocycles. The van der Waals surface area contributed by atoms with Crippen molar-refractivity contribution in [3.8, 4) is 5.75 Å². The largest absolute Gasteiger partial charge is 0.445 e. The molecule has 1 saturated heterocycles. The molecule has 0 aromatic heterocycles. The van der Waals surface area contributed by atoms with Gasteiger partial charge in [0, 0.05) is 68.8 Å². The zero-order valence-electron chi connectivity index (χ0n) is 28.6. The van der Waals surface area contributed by atoms with E-state index in [1.807, 2.05) is 90.6 Å². The second-order valence-electron chi connectivity index (χ2n) is 13.0. The molecule has 262 valence electrons. The highest BCUT2D eigenvalue weighted by Gasteiger charge is 2.39. The number of ether oxygens (including phenoxy) is 1. The van der Waals surface area contributed by atoms with Crippen LogP contribution in [0.3, 0.4) is 0 Å². The molecule has 0 bridgehead atoms. The normalized spacial score (nSPS) is 16.0. The second kappa shape index (κ2) is 14.4. The highest BCUT2D eigenvalue weighted by Crippen LogP contribution is 2.34. The summed E-state index contributed by atoms with van der Waals surface area (Å²) in [5.74, 6) is -0.0186. The van der Waals surface area contributed by atoms with Gasteiger partial charge in [-0.15, -0.1) is 0 Å². The minimum absolute atomic E-state index is 0.0566. The van der Waals surface area contributed by atoms with Gasteiger partial charge >= 0.3 is 16.2 Å². The standard InChI is InChI=1S/C40H40N4O6S/c1-41(2)36-17-9-16-35-34(36)15-10-18-38(35)51(47,48)50-33-20-19-30-26-37(39(45)43-23-21-42(22-24-43)32-13-7-4-8-14-32)44(27-31(30)25-33)40(46)49-28-29-11-5-3-6-12-29/h3-20,25,37H,21-24,26-28H2,1-2H3/t37-/m0/s1. The lowest BCUT2D eigenvalue weighted by Gasteiger charge is -2.41. The molecule has 0 radical (unpaired) electrons. The molecule has 5 aromatic rings. The van der Waals surface area contributed by atoms with Crippen LogP contribution in [0.1, 0.15) is 16.7 Å². The first-order valence-electron chi connectivity index (χ1n) is 17.0. The Bertz CT molecular complexity index is 2150. The highest BCUT2D eigenvalue weighted by molar-refractivity contribution is 7.87. The van der Waals surface area contributed by atoms with Gasteiger partial charge < -0.3 is 23.6 Å². The number of carbonyl (C=O) groups is 2. The van der Waals surface area contributed by atoms with E-state index in [0.717, 1.165) is 27.9 Å². The van der Waals surface area contributed by atoms with Gasteiger partial charge in [0.1, 0.15) is 23.3 Å². The van der Waals surface area contributed by atoms with Crippen molar-refractivity contribution in [2.75, 3.05) is 50.1 Å². The second-order valence-corrected chi connectivity index (χ2v) is 14.5. The molecule has 51 heavy (non-hydrogen) atoms. The van der Waals surface area contributed by atoms with Crippen LogP contribution >= 0.6 is 0 Å². The van der Waals surface area contributed by atoms with E-state index in [1.54, 1.807) is 30.3 Å². The van der Waals surface area contributed by atoms with Crippen LogP contribution in [0, 0.1) is 0 Å². The lowest BCUT2D eigenvalue weighted by atomic mass is 9.93. The molecule has 2 amide bonds. The molecule has 2 heterocycles. The number of carbonyl (C=O) groups excluding carboxylic acids is 2. The van der Waals surface area contributed by atoms with Crippen LogP contribution in [0.25, 0.3) is 10.8 Å². The maximum atomic E-state index is 14.1. The van der Waals surface area contributed by atoms with Crippen molar-refractivity contribution in [2.45, 2.75) is 30.5 Å². The van der Waals surface area contributed by atoms with E-state index in [-0.39, 0.29) is 36.1 Å². The quantitative estimate of drug-likeness (QED) is 0.179. The third-order valence-corrected chi connectivity index (χ3v) is 10.9. The van der Waals surface area contributed by atoms with Crippen LogP contribution in [-0.4, -0.2) is 76.5 Å². The van der Waals surface area contributed by atoms with Crippen LogP contribution in [0.5, 0.6) is 5.75 Å². The Kier molecular flexibility index (Phi) is 9.55. The van der Waals surface area contributed by atoms with Gasteiger partial charge in [-0.1, -0.05) is 78.9 Å². The number of para-hydroxylation sites is 1. The van der Waals surface area contributed by atoms with Crippen LogP contribution < -0.4 is 14.0 Å². The fraction of sp³-hybridized carbons (Fsp3) is 0.250. The van der Waals surface area contributed by atoms with E-state index in [9.17, 15) is 18.0 Å². The Morgan fingerprint density at radius 2 is 1.45 bits per heavy atom. The van der Waals surface area contributed by atoms with Crippen molar-refractivity contribution in [1.82, 2.24) is 9.80 Å². The van der Waals surface area contributed by atoms with E-state index in [4.69, 9.17) is 8.92 Å². The number of amides is 2. The van der Waals surface area contributed by atoms with Crippen LogP contribution in [-0.2, 0) is 39.2 Å². The van der Waals surface area contributed by atoms with Gasteiger partial charge in [0.05, 0.1) is 6.54 Å². The first-order valence-corrected chi connectivity index (χ1v) is 18.4. The highest BCUT2D eigenvalue weighted by atomic mass is 32.2. The molecule has 7 rings (SSSR count). The number of hydrogen-bond donors (Lipinski definition) is 0. The van der Waals surface area contributed by atoms with Gasteiger partial charge in [-0.05, 0) is 53.1 Å². The predicted molar refractivity (Wildman–Crippen MR) is 197 cm³/mol. The predicted octanol–water partition coefficient (Wildman–Crippen LogP) is 6.09. The molecule has 1 atom stereocenters. The van der Waals surface area contributed by atoms with Gasteiger partial charge in [-0.2, -0.15) is 8.42 Å². The van der Waals surface area contributed by atoms with Crippen molar-refractivity contribution in [1.29, 1.82) is 0 Å². The summed E-state index contributed by atoms with van der Waals surface area (Å²) < 4.78 is 38.9. The Morgan fingerprint density at radius 1 is 0.765 bits per heavy atom. The number of benzene rings is 5. The SMILES string of the molecule is CN(C)c1cccc2c(S(=O)(=O)Oc3ccc4c(c3)CN(C(=O)OCc3ccccc3)[C@H](C(=O)N3CCN(c5ccccc5)CC3)C4)cccc12. The number of hydrogen-bond acceptors (Lipinski definition) is 8. The number of fused-ring (bicyclic) bond motifs is 2. The topological polar surface area (TPSA) is 99.7 Å². The minimum atomic E-state index is -4.23. The summed E-state index contributed by atoms with van der Waals surface area (Å²) in [4.78, 5) is 35.4. The number of piperazine rings is 1. The fourth-order valence-corrected chi connectivity index (χ4v) is 8.05. The Balaban J connectivity index is 1.13. The number of rotatable bonds is 8. The molecule has 2 aliphatic heterocycles. The van der Waals surface area contributed by atoms with E-state index in [2.05, 4.69) is 17.0 Å². The Morgan fingerprint density at radius 3 is 2.18 bits per heavy atom. The lowest BCUT2D eigenvalue weighted by molar-refractivity contribution is -0.137. The van der Waals surface area contributed by atoms with Crippen molar-refractivity contribution in [3.05, 3.63) is 132 Å². The summed E-state index contributed by atoms with van der Waals surface area (Å²) >= 11 is 0. The van der Waals surface area contributed by atoms with Crippen LogP contribution in [0.4, 0.5) is 16.2 Å². The lowest BCUT2D eigenvalue weighted by Crippen LogP contribution is -2.57. The molecule has 0 spiro atoms. The Hall–Kier alpha value is -5.55.